The maximum absolute atomic E-state index is 13.4. The Kier molecular flexibility index (Phi) is 3.52. The summed E-state index contributed by atoms with van der Waals surface area (Å²) in [4.78, 5) is 10.8. The van der Waals surface area contributed by atoms with Crippen molar-refractivity contribution in [3.8, 4) is 0 Å². The highest BCUT2D eigenvalue weighted by Crippen LogP contribution is 2.33. The number of aromatic carboxylic acids is 1. The van der Waals surface area contributed by atoms with Gasteiger partial charge in [0.15, 0.2) is 0 Å². The summed E-state index contributed by atoms with van der Waals surface area (Å²) in [5, 5.41) is 8.78. The summed E-state index contributed by atoms with van der Waals surface area (Å²) in [6, 6.07) is 5.60. The van der Waals surface area contributed by atoms with Crippen molar-refractivity contribution >= 4 is 5.97 Å². The van der Waals surface area contributed by atoms with Gasteiger partial charge < -0.3 is 9.67 Å². The molecule has 1 heterocycles. The van der Waals surface area contributed by atoms with Gasteiger partial charge in [0.1, 0.15) is 5.82 Å². The van der Waals surface area contributed by atoms with Crippen molar-refractivity contribution in [1.82, 2.24) is 4.57 Å². The van der Waals surface area contributed by atoms with E-state index in [-0.39, 0.29) is 12.1 Å². The molecule has 1 aromatic carbocycles. The van der Waals surface area contributed by atoms with Gasteiger partial charge in [0.05, 0.1) is 11.1 Å². The Labute approximate surface area is 111 Å². The van der Waals surface area contributed by atoms with E-state index in [9.17, 15) is 22.4 Å². The first-order valence-electron chi connectivity index (χ1n) is 5.52. The standard InChI is InChI=1S/C13H9F4NO2/c14-11-4-2-1-3-8(11)5-18-6-9(12(19)20)10(7-18)13(15,16)17/h1-4,6-7H,5H2,(H,19,20). The number of alkyl halides is 3. The van der Waals surface area contributed by atoms with Crippen LogP contribution in [0.1, 0.15) is 21.5 Å². The summed E-state index contributed by atoms with van der Waals surface area (Å²) in [6.07, 6.45) is -3.26. The van der Waals surface area contributed by atoms with Crippen LogP contribution in [0.3, 0.4) is 0 Å². The van der Waals surface area contributed by atoms with Gasteiger partial charge in [-0.25, -0.2) is 9.18 Å². The topological polar surface area (TPSA) is 42.2 Å². The second-order valence-electron chi connectivity index (χ2n) is 4.15. The van der Waals surface area contributed by atoms with Crippen molar-refractivity contribution in [3.05, 3.63) is 59.2 Å². The maximum atomic E-state index is 13.4. The third-order valence-electron chi connectivity index (χ3n) is 2.73. The van der Waals surface area contributed by atoms with Crippen LogP contribution in [0.5, 0.6) is 0 Å². The third kappa shape index (κ3) is 2.81. The van der Waals surface area contributed by atoms with Gasteiger partial charge in [-0.2, -0.15) is 13.2 Å². The lowest BCUT2D eigenvalue weighted by molar-refractivity contribution is -0.138. The molecule has 0 saturated heterocycles. The van der Waals surface area contributed by atoms with Crippen LogP contribution >= 0.6 is 0 Å². The lowest BCUT2D eigenvalue weighted by Gasteiger charge is -2.05. The van der Waals surface area contributed by atoms with E-state index >= 15 is 0 Å². The summed E-state index contributed by atoms with van der Waals surface area (Å²) in [5.74, 6) is -2.24. The molecule has 3 nitrogen and oxygen atoms in total. The zero-order valence-electron chi connectivity index (χ0n) is 9.99. The Morgan fingerprint density at radius 3 is 2.35 bits per heavy atom. The molecule has 0 spiro atoms. The number of hydrogen-bond acceptors (Lipinski definition) is 1. The minimum atomic E-state index is -4.77. The number of carboxylic acid groups (broad SMARTS) is 1. The number of benzene rings is 1. The maximum Gasteiger partial charge on any atom is 0.418 e. The highest BCUT2D eigenvalue weighted by Gasteiger charge is 2.37. The molecule has 0 amide bonds. The zero-order chi connectivity index (χ0) is 14.9. The van der Waals surface area contributed by atoms with Crippen LogP contribution in [0.15, 0.2) is 36.7 Å². The molecule has 2 rings (SSSR count). The molecule has 0 unspecified atom stereocenters. The molecule has 1 N–H and O–H groups in total. The number of rotatable bonds is 3. The molecule has 20 heavy (non-hydrogen) atoms. The van der Waals surface area contributed by atoms with Gasteiger partial charge >= 0.3 is 12.1 Å². The van der Waals surface area contributed by atoms with E-state index in [4.69, 9.17) is 5.11 Å². The summed E-state index contributed by atoms with van der Waals surface area (Å²) in [6.45, 7) is -0.178. The Hall–Kier alpha value is -2.31. The third-order valence-corrected chi connectivity index (χ3v) is 2.73. The lowest BCUT2D eigenvalue weighted by atomic mass is 10.2. The molecule has 106 valence electrons. The first-order valence-corrected chi connectivity index (χ1v) is 5.52. The van der Waals surface area contributed by atoms with Crippen LogP contribution in [0, 0.1) is 5.82 Å². The van der Waals surface area contributed by atoms with Gasteiger partial charge in [-0.3, -0.25) is 0 Å². The molecule has 0 aliphatic heterocycles. The Morgan fingerprint density at radius 1 is 1.20 bits per heavy atom. The summed E-state index contributed by atoms with van der Waals surface area (Å²) in [7, 11) is 0. The molecule has 1 aromatic heterocycles. The smallest absolute Gasteiger partial charge is 0.418 e. The van der Waals surface area contributed by atoms with Crippen molar-refractivity contribution in [2.75, 3.05) is 0 Å². The minimum absolute atomic E-state index is 0.174. The highest BCUT2D eigenvalue weighted by molar-refractivity contribution is 5.89. The van der Waals surface area contributed by atoms with Crippen molar-refractivity contribution < 1.29 is 27.5 Å². The molecule has 7 heteroatoms. The molecule has 2 aromatic rings. The largest absolute Gasteiger partial charge is 0.478 e. The second-order valence-corrected chi connectivity index (χ2v) is 4.15. The zero-order valence-corrected chi connectivity index (χ0v) is 9.99. The summed E-state index contributed by atoms with van der Waals surface area (Å²) in [5.41, 5.74) is -1.93. The van der Waals surface area contributed by atoms with Crippen molar-refractivity contribution in [2.45, 2.75) is 12.7 Å². The Balaban J connectivity index is 2.40. The first-order chi connectivity index (χ1) is 9.29. The van der Waals surface area contributed by atoms with Gasteiger partial charge in [-0.05, 0) is 6.07 Å². The van der Waals surface area contributed by atoms with Crippen LogP contribution in [-0.4, -0.2) is 15.6 Å². The molecule has 0 atom stereocenters. The number of aromatic nitrogens is 1. The molecule has 0 radical (unpaired) electrons. The predicted octanol–water partition coefficient (Wildman–Crippen LogP) is 3.39. The highest BCUT2D eigenvalue weighted by atomic mass is 19.4. The Morgan fingerprint density at radius 2 is 1.85 bits per heavy atom. The minimum Gasteiger partial charge on any atom is -0.478 e. The molecular weight excluding hydrogens is 278 g/mol. The number of hydrogen-bond donors (Lipinski definition) is 1. The summed E-state index contributed by atoms with van der Waals surface area (Å²) >= 11 is 0. The normalized spacial score (nSPS) is 11.6. The quantitative estimate of drug-likeness (QED) is 0.879. The van der Waals surface area contributed by atoms with Gasteiger partial charge in [0.25, 0.3) is 0 Å². The predicted molar refractivity (Wildman–Crippen MR) is 61.9 cm³/mol. The average Bonchev–Trinajstić information content (AvgIpc) is 2.76. The van der Waals surface area contributed by atoms with E-state index in [1.807, 2.05) is 0 Å². The molecule has 0 aliphatic rings. The molecule has 0 fully saturated rings. The van der Waals surface area contributed by atoms with E-state index in [1.54, 1.807) is 6.07 Å². The second kappa shape index (κ2) is 4.99. The van der Waals surface area contributed by atoms with Crippen molar-refractivity contribution in [3.63, 3.8) is 0 Å². The van der Waals surface area contributed by atoms with Crippen LogP contribution in [0.2, 0.25) is 0 Å². The van der Waals surface area contributed by atoms with E-state index in [0.717, 1.165) is 10.8 Å². The van der Waals surface area contributed by atoms with Gasteiger partial charge in [-0.1, -0.05) is 18.2 Å². The van der Waals surface area contributed by atoms with Crippen LogP contribution in [-0.2, 0) is 12.7 Å². The number of nitrogens with zero attached hydrogens (tertiary/aromatic N) is 1. The number of carboxylic acids is 1. The van der Waals surface area contributed by atoms with Crippen molar-refractivity contribution in [1.29, 1.82) is 0 Å². The molecule has 0 bridgehead atoms. The van der Waals surface area contributed by atoms with Gasteiger partial charge in [0.2, 0.25) is 0 Å². The molecule has 0 saturated carbocycles. The van der Waals surface area contributed by atoms with E-state index in [2.05, 4.69) is 0 Å². The van der Waals surface area contributed by atoms with Gasteiger partial charge in [-0.15, -0.1) is 0 Å². The van der Waals surface area contributed by atoms with Crippen LogP contribution in [0.25, 0.3) is 0 Å². The van der Waals surface area contributed by atoms with Gasteiger partial charge in [0, 0.05) is 24.5 Å². The Bertz CT molecular complexity index is 646. The fourth-order valence-corrected chi connectivity index (χ4v) is 1.82. The first kappa shape index (κ1) is 14.1. The van der Waals surface area contributed by atoms with Crippen LogP contribution in [0.4, 0.5) is 17.6 Å². The fraction of sp³-hybridized carbons (Fsp3) is 0.154. The fourth-order valence-electron chi connectivity index (χ4n) is 1.82. The van der Waals surface area contributed by atoms with Crippen molar-refractivity contribution in [2.24, 2.45) is 0 Å². The summed E-state index contributed by atoms with van der Waals surface area (Å²) < 4.78 is 52.5. The number of carbonyl (C=O) groups is 1. The number of halogens is 4. The average molecular weight is 287 g/mol. The lowest BCUT2D eigenvalue weighted by Crippen LogP contribution is -2.09. The SMILES string of the molecule is O=C(O)c1cn(Cc2ccccc2F)cc1C(F)(F)F. The molecular formula is C13H9F4NO2. The molecule has 0 aliphatic carbocycles. The van der Waals surface area contributed by atoms with Crippen LogP contribution < -0.4 is 0 Å². The van der Waals surface area contributed by atoms with E-state index < -0.39 is 29.1 Å². The van der Waals surface area contributed by atoms with E-state index in [1.165, 1.54) is 18.2 Å². The monoisotopic (exact) mass is 287 g/mol. The van der Waals surface area contributed by atoms with E-state index in [0.29, 0.717) is 6.20 Å².